The van der Waals surface area contributed by atoms with E-state index in [2.05, 4.69) is 21.7 Å². The van der Waals surface area contributed by atoms with Gasteiger partial charge in [-0.15, -0.1) is 0 Å². The van der Waals surface area contributed by atoms with Crippen molar-refractivity contribution in [1.82, 2.24) is 14.7 Å². The van der Waals surface area contributed by atoms with Crippen LogP contribution in [0.25, 0.3) is 11.3 Å². The van der Waals surface area contributed by atoms with Gasteiger partial charge < -0.3 is 21.1 Å². The van der Waals surface area contributed by atoms with Crippen molar-refractivity contribution >= 4 is 17.6 Å². The van der Waals surface area contributed by atoms with E-state index in [1.54, 1.807) is 11.8 Å². The molecule has 0 spiro atoms. The number of hydrogen-bond acceptors (Lipinski definition) is 5. The van der Waals surface area contributed by atoms with Crippen molar-refractivity contribution in [3.63, 3.8) is 0 Å². The normalized spacial score (nSPS) is 16.8. The third-order valence-corrected chi connectivity index (χ3v) is 5.84. The van der Waals surface area contributed by atoms with Crippen LogP contribution in [-0.4, -0.2) is 52.4 Å². The summed E-state index contributed by atoms with van der Waals surface area (Å²) in [5.41, 5.74) is 11.9. The Bertz CT molecular complexity index is 1180. The Morgan fingerprint density at radius 3 is 2.56 bits per heavy atom. The van der Waals surface area contributed by atoms with E-state index in [0.717, 1.165) is 25.0 Å². The average molecular weight is 510 g/mol. The van der Waals surface area contributed by atoms with E-state index >= 15 is 0 Å². The van der Waals surface area contributed by atoms with Crippen molar-refractivity contribution in [3.05, 3.63) is 29.6 Å². The summed E-state index contributed by atoms with van der Waals surface area (Å²) < 4.78 is 57.8. The Labute approximate surface area is 205 Å². The second-order valence-corrected chi connectivity index (χ2v) is 8.43. The van der Waals surface area contributed by atoms with Crippen LogP contribution in [0.2, 0.25) is 0 Å². The molecule has 1 aliphatic heterocycles. The smallest absolute Gasteiger partial charge is 0.422 e. The van der Waals surface area contributed by atoms with Crippen LogP contribution in [0.5, 0.6) is 5.75 Å². The molecule has 2 amide bonds. The molecule has 0 saturated carbocycles. The molecule has 0 radical (unpaired) electrons. The van der Waals surface area contributed by atoms with E-state index in [1.807, 2.05) is 0 Å². The van der Waals surface area contributed by atoms with Crippen LogP contribution in [-0.2, 0) is 4.79 Å². The van der Waals surface area contributed by atoms with Gasteiger partial charge in [0.05, 0.1) is 6.04 Å². The zero-order chi connectivity index (χ0) is 26.5. The summed E-state index contributed by atoms with van der Waals surface area (Å²) in [6, 6.07) is 2.99. The fraction of sp³-hybridized carbons (Fsp3) is 0.458. The fourth-order valence-electron chi connectivity index (χ4n) is 4.18. The van der Waals surface area contributed by atoms with Crippen LogP contribution < -0.4 is 16.2 Å². The first kappa shape index (κ1) is 26.8. The number of anilines is 1. The second kappa shape index (κ2) is 11.3. The third kappa shape index (κ3) is 6.47. The molecule has 1 aliphatic rings. The van der Waals surface area contributed by atoms with Crippen LogP contribution in [0.15, 0.2) is 18.2 Å². The Morgan fingerprint density at radius 1 is 1.19 bits per heavy atom. The minimum atomic E-state index is -4.66. The standard InChI is InChI=1S/C24H27F4N5O3/c1-2-6-19(34)32-11-4-3-7-16(8-5-12-32)33-22(29)20(23(30)35)21(31-33)15-9-10-17(25)18(13-15)36-14-24(26,27)28/h9-10,13,16H,3-5,7-8,11-12,14,29H2,1H3,(H2,30,35). The van der Waals surface area contributed by atoms with Crippen LogP contribution in [0.1, 0.15) is 55.4 Å². The highest BCUT2D eigenvalue weighted by Crippen LogP contribution is 2.35. The molecule has 3 rings (SSSR count). The molecule has 2 heterocycles. The predicted molar refractivity (Wildman–Crippen MR) is 124 cm³/mol. The number of nitrogens with two attached hydrogens (primary N) is 2. The lowest BCUT2D eigenvalue weighted by Gasteiger charge is -2.20. The van der Waals surface area contributed by atoms with Gasteiger partial charge in [0, 0.05) is 18.7 Å². The maximum Gasteiger partial charge on any atom is 0.422 e. The van der Waals surface area contributed by atoms with Crippen LogP contribution in [0.3, 0.4) is 0 Å². The first-order valence-electron chi connectivity index (χ1n) is 11.4. The van der Waals surface area contributed by atoms with Crippen molar-refractivity contribution in [3.8, 4) is 28.8 Å². The Kier molecular flexibility index (Phi) is 8.45. The van der Waals surface area contributed by atoms with Crippen molar-refractivity contribution < 1.29 is 31.9 Å². The van der Waals surface area contributed by atoms with Gasteiger partial charge >= 0.3 is 6.18 Å². The number of hydrogen-bond donors (Lipinski definition) is 2. The number of aromatic nitrogens is 2. The third-order valence-electron chi connectivity index (χ3n) is 5.84. The Hall–Kier alpha value is -3.75. The number of amides is 2. The second-order valence-electron chi connectivity index (χ2n) is 8.43. The molecular weight excluding hydrogens is 482 g/mol. The molecule has 0 aliphatic carbocycles. The molecular formula is C24H27F4N5O3. The summed E-state index contributed by atoms with van der Waals surface area (Å²) in [5, 5.41) is 4.48. The topological polar surface area (TPSA) is 116 Å². The molecule has 1 saturated heterocycles. The summed E-state index contributed by atoms with van der Waals surface area (Å²) in [4.78, 5) is 26.1. The number of nitrogens with zero attached hydrogens (tertiary/aromatic N) is 3. The summed E-state index contributed by atoms with van der Waals surface area (Å²) in [6.45, 7) is 0.991. The summed E-state index contributed by atoms with van der Waals surface area (Å²) in [7, 11) is 0. The average Bonchev–Trinajstić information content (AvgIpc) is 3.20. The lowest BCUT2D eigenvalue weighted by Crippen LogP contribution is -2.31. The molecule has 1 aromatic heterocycles. The SMILES string of the molecule is CC#CC(=O)N1CCCCC(n2nc(-c3ccc(F)c(OCC(F)(F)F)c3)c(C(N)=O)c2N)CCC1. The first-order valence-corrected chi connectivity index (χ1v) is 11.4. The van der Waals surface area contributed by atoms with E-state index in [1.165, 1.54) is 10.7 Å². The molecule has 8 nitrogen and oxygen atoms in total. The van der Waals surface area contributed by atoms with E-state index in [9.17, 15) is 27.2 Å². The maximum absolute atomic E-state index is 14.1. The summed E-state index contributed by atoms with van der Waals surface area (Å²) >= 11 is 0. The van der Waals surface area contributed by atoms with Crippen molar-refractivity contribution in [2.24, 2.45) is 5.73 Å². The Balaban J connectivity index is 1.92. The number of carbonyl (C=O) groups excluding carboxylic acids is 2. The molecule has 0 bridgehead atoms. The zero-order valence-corrected chi connectivity index (χ0v) is 19.7. The lowest BCUT2D eigenvalue weighted by atomic mass is 10.0. The maximum atomic E-state index is 14.1. The zero-order valence-electron chi connectivity index (χ0n) is 19.7. The van der Waals surface area contributed by atoms with Gasteiger partial charge in [-0.2, -0.15) is 18.3 Å². The number of rotatable bonds is 5. The van der Waals surface area contributed by atoms with Crippen molar-refractivity contribution in [1.29, 1.82) is 0 Å². The van der Waals surface area contributed by atoms with E-state index in [-0.39, 0.29) is 34.6 Å². The van der Waals surface area contributed by atoms with Gasteiger partial charge in [-0.25, -0.2) is 9.07 Å². The highest BCUT2D eigenvalue weighted by Gasteiger charge is 2.30. The molecule has 36 heavy (non-hydrogen) atoms. The molecule has 194 valence electrons. The molecule has 1 aromatic carbocycles. The molecule has 1 fully saturated rings. The largest absolute Gasteiger partial charge is 0.481 e. The minimum absolute atomic E-state index is 0.00798. The monoisotopic (exact) mass is 509 g/mol. The van der Waals surface area contributed by atoms with Gasteiger partial charge in [-0.1, -0.05) is 5.92 Å². The number of halogens is 4. The number of nitrogen functional groups attached to an aromatic ring is 1. The van der Waals surface area contributed by atoms with Gasteiger partial charge in [0.2, 0.25) is 0 Å². The highest BCUT2D eigenvalue weighted by atomic mass is 19.4. The van der Waals surface area contributed by atoms with Gasteiger partial charge in [0.25, 0.3) is 11.8 Å². The number of ether oxygens (including phenoxy) is 1. The van der Waals surface area contributed by atoms with E-state index in [4.69, 9.17) is 11.5 Å². The van der Waals surface area contributed by atoms with Crippen LogP contribution >= 0.6 is 0 Å². The molecule has 12 heteroatoms. The summed E-state index contributed by atoms with van der Waals surface area (Å²) in [5.74, 6) is 2.42. The summed E-state index contributed by atoms with van der Waals surface area (Å²) in [6.07, 6.45) is -1.28. The van der Waals surface area contributed by atoms with Gasteiger partial charge in [0.15, 0.2) is 18.2 Å². The van der Waals surface area contributed by atoms with Gasteiger partial charge in [-0.05, 0) is 63.1 Å². The number of alkyl halides is 3. The quantitative estimate of drug-likeness (QED) is 0.471. The Morgan fingerprint density at radius 2 is 1.89 bits per heavy atom. The predicted octanol–water partition coefficient (Wildman–Crippen LogP) is 3.67. The molecule has 1 atom stereocenters. The highest BCUT2D eigenvalue weighted by molar-refractivity contribution is 6.03. The van der Waals surface area contributed by atoms with Gasteiger partial charge in [0.1, 0.15) is 17.1 Å². The molecule has 1 unspecified atom stereocenters. The van der Waals surface area contributed by atoms with Gasteiger partial charge in [-0.3, -0.25) is 9.59 Å². The van der Waals surface area contributed by atoms with Crippen molar-refractivity contribution in [2.45, 2.75) is 51.2 Å². The van der Waals surface area contributed by atoms with Crippen LogP contribution in [0.4, 0.5) is 23.4 Å². The molecule has 2 aromatic rings. The van der Waals surface area contributed by atoms with E-state index in [0.29, 0.717) is 32.4 Å². The minimum Gasteiger partial charge on any atom is -0.481 e. The number of carbonyl (C=O) groups is 2. The first-order chi connectivity index (χ1) is 17.0. The fourth-order valence-corrected chi connectivity index (χ4v) is 4.18. The number of primary amides is 1. The van der Waals surface area contributed by atoms with E-state index < -0.39 is 30.3 Å². The number of benzene rings is 1. The molecule has 4 N–H and O–H groups in total. The lowest BCUT2D eigenvalue weighted by molar-refractivity contribution is -0.153. The van der Waals surface area contributed by atoms with Crippen molar-refractivity contribution in [2.75, 3.05) is 25.4 Å². The van der Waals surface area contributed by atoms with Crippen LogP contribution in [0, 0.1) is 17.7 Å².